The Balaban J connectivity index is 2.02. The Hall–Kier alpha value is -1.22. The van der Waals surface area contributed by atoms with E-state index in [0.29, 0.717) is 0 Å². The van der Waals surface area contributed by atoms with Gasteiger partial charge in [-0.2, -0.15) is 0 Å². The molecule has 0 aromatic heterocycles. The van der Waals surface area contributed by atoms with Crippen LogP contribution in [0.1, 0.15) is 12.0 Å². The first-order valence-electron chi connectivity index (χ1n) is 6.32. The van der Waals surface area contributed by atoms with E-state index in [-0.39, 0.29) is 0 Å². The SMILES string of the molecule is Cc1cc(N2CCC(CN(C)C)C2)ccc1N. The first-order chi connectivity index (χ1) is 8.06. The molecule has 0 amide bonds. The number of hydrogen-bond acceptors (Lipinski definition) is 3. The van der Waals surface area contributed by atoms with Gasteiger partial charge in [-0.3, -0.25) is 0 Å². The zero-order chi connectivity index (χ0) is 12.4. The molecule has 1 fully saturated rings. The molecule has 0 spiro atoms. The highest BCUT2D eigenvalue weighted by atomic mass is 15.2. The summed E-state index contributed by atoms with van der Waals surface area (Å²) < 4.78 is 0. The van der Waals surface area contributed by atoms with Crippen molar-refractivity contribution in [1.82, 2.24) is 4.90 Å². The smallest absolute Gasteiger partial charge is 0.0370 e. The van der Waals surface area contributed by atoms with E-state index in [0.717, 1.165) is 11.6 Å². The molecule has 17 heavy (non-hydrogen) atoms. The van der Waals surface area contributed by atoms with Crippen LogP contribution in [0.15, 0.2) is 18.2 Å². The minimum atomic E-state index is 0.794. The summed E-state index contributed by atoms with van der Waals surface area (Å²) in [5.41, 5.74) is 9.24. The molecule has 1 aliphatic rings. The van der Waals surface area contributed by atoms with Gasteiger partial charge in [-0.15, -0.1) is 0 Å². The number of aryl methyl sites for hydroxylation is 1. The quantitative estimate of drug-likeness (QED) is 0.810. The maximum atomic E-state index is 5.86. The molecule has 94 valence electrons. The molecule has 1 aromatic carbocycles. The van der Waals surface area contributed by atoms with Gasteiger partial charge in [-0.1, -0.05) is 0 Å². The molecule has 1 aliphatic heterocycles. The molecule has 2 N–H and O–H groups in total. The lowest BCUT2D eigenvalue weighted by Crippen LogP contribution is -2.25. The lowest BCUT2D eigenvalue weighted by molar-refractivity contribution is 0.340. The third kappa shape index (κ3) is 2.91. The highest BCUT2D eigenvalue weighted by Gasteiger charge is 2.23. The van der Waals surface area contributed by atoms with E-state index in [4.69, 9.17) is 5.73 Å². The van der Waals surface area contributed by atoms with E-state index < -0.39 is 0 Å². The van der Waals surface area contributed by atoms with Crippen molar-refractivity contribution in [2.24, 2.45) is 5.92 Å². The minimum Gasteiger partial charge on any atom is -0.399 e. The third-order valence-corrected chi connectivity index (χ3v) is 3.53. The van der Waals surface area contributed by atoms with E-state index in [1.54, 1.807) is 0 Å². The Morgan fingerprint density at radius 2 is 2.18 bits per heavy atom. The molecule has 1 atom stereocenters. The Morgan fingerprint density at radius 3 is 2.82 bits per heavy atom. The lowest BCUT2D eigenvalue weighted by Gasteiger charge is -2.21. The van der Waals surface area contributed by atoms with Gasteiger partial charge in [0.05, 0.1) is 0 Å². The highest BCUT2D eigenvalue weighted by Crippen LogP contribution is 2.26. The fourth-order valence-electron chi connectivity index (χ4n) is 2.59. The molecule has 2 rings (SSSR count). The number of nitrogens with zero attached hydrogens (tertiary/aromatic N) is 2. The zero-order valence-electron chi connectivity index (χ0n) is 11.1. The van der Waals surface area contributed by atoms with Crippen molar-refractivity contribution in [3.05, 3.63) is 23.8 Å². The van der Waals surface area contributed by atoms with Crippen molar-refractivity contribution in [2.75, 3.05) is 44.4 Å². The molecule has 1 aromatic rings. The number of rotatable bonds is 3. The normalized spacial score (nSPS) is 20.2. The fourth-order valence-corrected chi connectivity index (χ4v) is 2.59. The van der Waals surface area contributed by atoms with E-state index in [1.807, 2.05) is 6.07 Å². The van der Waals surface area contributed by atoms with Crippen LogP contribution in [0.2, 0.25) is 0 Å². The standard InChI is InChI=1S/C14H23N3/c1-11-8-13(4-5-14(11)15)17-7-6-12(10-17)9-16(2)3/h4-5,8,12H,6-7,9-10,15H2,1-3H3. The first-order valence-corrected chi connectivity index (χ1v) is 6.32. The molecule has 3 nitrogen and oxygen atoms in total. The van der Waals surface area contributed by atoms with Gasteiger partial charge in [0, 0.05) is 31.0 Å². The summed E-state index contributed by atoms with van der Waals surface area (Å²) in [5.74, 6) is 0.794. The van der Waals surface area contributed by atoms with Gasteiger partial charge in [0.15, 0.2) is 0 Å². The minimum absolute atomic E-state index is 0.794. The maximum absolute atomic E-state index is 5.86. The average Bonchev–Trinajstić information content (AvgIpc) is 2.69. The molecule has 1 unspecified atom stereocenters. The van der Waals surface area contributed by atoms with Gasteiger partial charge in [0.25, 0.3) is 0 Å². The van der Waals surface area contributed by atoms with E-state index in [1.165, 1.54) is 37.3 Å². The Kier molecular flexibility index (Phi) is 3.57. The van der Waals surface area contributed by atoms with Crippen LogP contribution >= 0.6 is 0 Å². The predicted octanol–water partition coefficient (Wildman–Crippen LogP) is 1.97. The Labute approximate surface area is 104 Å². The second-order valence-corrected chi connectivity index (χ2v) is 5.40. The lowest BCUT2D eigenvalue weighted by atomic mass is 10.1. The summed E-state index contributed by atoms with van der Waals surface area (Å²) in [4.78, 5) is 4.75. The molecular formula is C14H23N3. The molecule has 0 saturated carbocycles. The second kappa shape index (κ2) is 4.96. The predicted molar refractivity (Wildman–Crippen MR) is 74.5 cm³/mol. The van der Waals surface area contributed by atoms with Crippen molar-refractivity contribution in [3.63, 3.8) is 0 Å². The van der Waals surface area contributed by atoms with Gasteiger partial charge in [-0.05, 0) is 57.1 Å². The van der Waals surface area contributed by atoms with Crippen molar-refractivity contribution >= 4 is 11.4 Å². The number of nitrogens with two attached hydrogens (primary N) is 1. The van der Waals surface area contributed by atoms with E-state index in [9.17, 15) is 0 Å². The fraction of sp³-hybridized carbons (Fsp3) is 0.571. The molecule has 3 heteroatoms. The van der Waals surface area contributed by atoms with Gasteiger partial charge in [0.1, 0.15) is 0 Å². The Morgan fingerprint density at radius 1 is 1.41 bits per heavy atom. The van der Waals surface area contributed by atoms with Crippen LogP contribution in [0.3, 0.4) is 0 Å². The summed E-state index contributed by atoms with van der Waals surface area (Å²) in [6.45, 7) is 5.60. The summed E-state index contributed by atoms with van der Waals surface area (Å²) in [5, 5.41) is 0. The maximum Gasteiger partial charge on any atom is 0.0370 e. The number of hydrogen-bond donors (Lipinski definition) is 1. The molecular weight excluding hydrogens is 210 g/mol. The van der Waals surface area contributed by atoms with Crippen LogP contribution in [0.4, 0.5) is 11.4 Å². The van der Waals surface area contributed by atoms with Crippen molar-refractivity contribution in [1.29, 1.82) is 0 Å². The van der Waals surface area contributed by atoms with Crippen LogP contribution in [-0.4, -0.2) is 38.6 Å². The summed E-state index contributed by atoms with van der Waals surface area (Å²) >= 11 is 0. The van der Waals surface area contributed by atoms with E-state index in [2.05, 4.69) is 43.0 Å². The Bertz CT molecular complexity index is 387. The van der Waals surface area contributed by atoms with Crippen LogP contribution < -0.4 is 10.6 Å². The average molecular weight is 233 g/mol. The topological polar surface area (TPSA) is 32.5 Å². The highest BCUT2D eigenvalue weighted by molar-refractivity contribution is 5.58. The van der Waals surface area contributed by atoms with Crippen molar-refractivity contribution < 1.29 is 0 Å². The van der Waals surface area contributed by atoms with Crippen LogP contribution in [0.25, 0.3) is 0 Å². The summed E-state index contributed by atoms with van der Waals surface area (Å²) in [6, 6.07) is 6.36. The summed E-state index contributed by atoms with van der Waals surface area (Å²) in [7, 11) is 4.30. The van der Waals surface area contributed by atoms with Gasteiger partial charge < -0.3 is 15.5 Å². The van der Waals surface area contributed by atoms with Crippen LogP contribution in [-0.2, 0) is 0 Å². The van der Waals surface area contributed by atoms with Crippen molar-refractivity contribution in [2.45, 2.75) is 13.3 Å². The number of nitrogen functional groups attached to an aromatic ring is 1. The summed E-state index contributed by atoms with van der Waals surface area (Å²) in [6.07, 6.45) is 1.29. The molecule has 1 heterocycles. The van der Waals surface area contributed by atoms with Crippen molar-refractivity contribution in [3.8, 4) is 0 Å². The third-order valence-electron chi connectivity index (χ3n) is 3.53. The number of anilines is 2. The zero-order valence-corrected chi connectivity index (χ0v) is 11.1. The first kappa shape index (κ1) is 12.2. The monoisotopic (exact) mass is 233 g/mol. The van der Waals surface area contributed by atoms with Gasteiger partial charge in [0.2, 0.25) is 0 Å². The molecule has 0 aliphatic carbocycles. The molecule has 1 saturated heterocycles. The second-order valence-electron chi connectivity index (χ2n) is 5.40. The van der Waals surface area contributed by atoms with Crippen LogP contribution in [0, 0.1) is 12.8 Å². The molecule has 0 radical (unpaired) electrons. The largest absolute Gasteiger partial charge is 0.399 e. The van der Waals surface area contributed by atoms with Crippen LogP contribution in [0.5, 0.6) is 0 Å². The van der Waals surface area contributed by atoms with Gasteiger partial charge >= 0.3 is 0 Å². The molecule has 0 bridgehead atoms. The number of benzene rings is 1. The van der Waals surface area contributed by atoms with E-state index >= 15 is 0 Å². The van der Waals surface area contributed by atoms with Gasteiger partial charge in [-0.25, -0.2) is 0 Å².